The van der Waals surface area contributed by atoms with Crippen molar-refractivity contribution in [3.63, 3.8) is 0 Å². The molecule has 134 valence electrons. The van der Waals surface area contributed by atoms with Crippen LogP contribution in [0.1, 0.15) is 42.0 Å². The highest BCUT2D eigenvalue weighted by atomic mass is 14.2. The van der Waals surface area contributed by atoms with Crippen molar-refractivity contribution in [1.29, 1.82) is 0 Å². The minimum absolute atomic E-state index is 0.977. The third-order valence-electron chi connectivity index (χ3n) is 5.48. The monoisotopic (exact) mass is 350 g/mol. The molecule has 0 heteroatoms. The number of hydrogen-bond acceptors (Lipinski definition) is 0. The lowest BCUT2D eigenvalue weighted by atomic mass is 9.87. The predicted octanol–water partition coefficient (Wildman–Crippen LogP) is 7.38. The molecule has 0 atom stereocenters. The fourth-order valence-electron chi connectivity index (χ4n) is 3.88. The van der Waals surface area contributed by atoms with Crippen LogP contribution in [0.3, 0.4) is 0 Å². The fraction of sp³-hybridized carbons (Fsp3) is 0.185. The molecule has 0 amide bonds. The molecule has 0 bridgehead atoms. The summed E-state index contributed by atoms with van der Waals surface area (Å²) in [6.07, 6.45) is 7.82. The minimum Gasteiger partial charge on any atom is -0.0839 e. The van der Waals surface area contributed by atoms with Crippen LogP contribution < -0.4 is 0 Å². The van der Waals surface area contributed by atoms with Gasteiger partial charge in [0.05, 0.1) is 0 Å². The average Bonchev–Trinajstić information content (AvgIpc) is 2.70. The lowest BCUT2D eigenvalue weighted by molar-refractivity contribution is 1.03. The molecule has 0 saturated heterocycles. The van der Waals surface area contributed by atoms with Crippen LogP contribution in [0.25, 0.3) is 16.7 Å². The zero-order valence-corrected chi connectivity index (χ0v) is 16.2. The zero-order valence-electron chi connectivity index (χ0n) is 16.2. The van der Waals surface area contributed by atoms with E-state index in [0.717, 1.165) is 19.3 Å². The molecule has 0 unspecified atom stereocenters. The summed E-state index contributed by atoms with van der Waals surface area (Å²) in [5, 5.41) is 0. The van der Waals surface area contributed by atoms with Crippen molar-refractivity contribution in [2.45, 2.75) is 33.1 Å². The highest BCUT2D eigenvalue weighted by molar-refractivity contribution is 5.74. The first-order valence-electron chi connectivity index (χ1n) is 9.81. The van der Waals surface area contributed by atoms with E-state index in [1.54, 1.807) is 0 Å². The molecule has 1 aliphatic rings. The second kappa shape index (κ2) is 7.80. The van der Waals surface area contributed by atoms with Gasteiger partial charge in [-0.25, -0.2) is 0 Å². The van der Waals surface area contributed by atoms with Crippen molar-refractivity contribution in [3.8, 4) is 11.1 Å². The van der Waals surface area contributed by atoms with Gasteiger partial charge in [0.2, 0.25) is 0 Å². The van der Waals surface area contributed by atoms with Gasteiger partial charge in [-0.2, -0.15) is 0 Å². The van der Waals surface area contributed by atoms with Crippen molar-refractivity contribution in [1.82, 2.24) is 0 Å². The van der Waals surface area contributed by atoms with E-state index in [0.29, 0.717) is 0 Å². The van der Waals surface area contributed by atoms with E-state index in [-0.39, 0.29) is 0 Å². The van der Waals surface area contributed by atoms with Gasteiger partial charge >= 0.3 is 0 Å². The SMILES string of the molecule is CC1=C(c2ccccc2Cc2ccc(-c3ccc(C)cc3)cc2)CCC=C1. The maximum Gasteiger partial charge on any atom is -0.00197 e. The molecule has 0 heterocycles. The molecule has 1 aliphatic carbocycles. The highest BCUT2D eigenvalue weighted by Gasteiger charge is 2.12. The maximum absolute atomic E-state index is 2.29. The lowest BCUT2D eigenvalue weighted by Crippen LogP contribution is -1.99. The van der Waals surface area contributed by atoms with Crippen molar-refractivity contribution < 1.29 is 0 Å². The van der Waals surface area contributed by atoms with Crippen LogP contribution in [0.2, 0.25) is 0 Å². The molecule has 0 fully saturated rings. The largest absolute Gasteiger partial charge is 0.0839 e. The number of benzene rings is 3. The van der Waals surface area contributed by atoms with Gasteiger partial charge in [-0.15, -0.1) is 0 Å². The van der Waals surface area contributed by atoms with Crippen LogP contribution in [0, 0.1) is 6.92 Å². The van der Waals surface area contributed by atoms with Gasteiger partial charge in [-0.3, -0.25) is 0 Å². The highest BCUT2D eigenvalue weighted by Crippen LogP contribution is 2.31. The first-order valence-corrected chi connectivity index (χ1v) is 9.81. The molecular weight excluding hydrogens is 324 g/mol. The third kappa shape index (κ3) is 3.95. The first kappa shape index (κ1) is 17.5. The number of hydrogen-bond donors (Lipinski definition) is 0. The average molecular weight is 351 g/mol. The summed E-state index contributed by atoms with van der Waals surface area (Å²) >= 11 is 0. The van der Waals surface area contributed by atoms with Crippen molar-refractivity contribution in [2.24, 2.45) is 0 Å². The van der Waals surface area contributed by atoms with Crippen LogP contribution in [-0.2, 0) is 6.42 Å². The smallest absolute Gasteiger partial charge is 0.00197 e. The Morgan fingerprint density at radius 2 is 1.41 bits per heavy atom. The van der Waals surface area contributed by atoms with Gasteiger partial charge < -0.3 is 0 Å². The predicted molar refractivity (Wildman–Crippen MR) is 117 cm³/mol. The normalized spacial score (nSPS) is 13.9. The summed E-state index contributed by atoms with van der Waals surface area (Å²) in [6.45, 7) is 4.36. The molecule has 27 heavy (non-hydrogen) atoms. The quantitative estimate of drug-likeness (QED) is 0.460. The van der Waals surface area contributed by atoms with E-state index in [4.69, 9.17) is 0 Å². The molecular formula is C27H26. The molecule has 0 nitrogen and oxygen atoms in total. The molecule has 4 rings (SSSR count). The van der Waals surface area contributed by atoms with Crippen molar-refractivity contribution in [2.75, 3.05) is 0 Å². The molecule has 0 saturated carbocycles. The van der Waals surface area contributed by atoms with Crippen LogP contribution in [0.4, 0.5) is 0 Å². The second-order valence-corrected chi connectivity index (χ2v) is 7.50. The molecule has 0 spiro atoms. The Kier molecular flexibility index (Phi) is 5.07. The summed E-state index contributed by atoms with van der Waals surface area (Å²) in [5.41, 5.74) is 11.0. The van der Waals surface area contributed by atoms with E-state index < -0.39 is 0 Å². The van der Waals surface area contributed by atoms with E-state index in [1.807, 2.05) is 0 Å². The van der Waals surface area contributed by atoms with Crippen LogP contribution in [0.15, 0.2) is 90.5 Å². The second-order valence-electron chi connectivity index (χ2n) is 7.50. The summed E-state index contributed by atoms with van der Waals surface area (Å²) < 4.78 is 0. The summed E-state index contributed by atoms with van der Waals surface area (Å²) in [7, 11) is 0. The van der Waals surface area contributed by atoms with E-state index in [1.165, 1.54) is 44.5 Å². The van der Waals surface area contributed by atoms with E-state index in [9.17, 15) is 0 Å². The van der Waals surface area contributed by atoms with Gasteiger partial charge in [0.25, 0.3) is 0 Å². The molecule has 0 radical (unpaired) electrons. The molecule has 0 N–H and O–H groups in total. The first-order chi connectivity index (χ1) is 13.2. The standard InChI is InChI=1S/C27H26/c1-20-11-15-23(16-12-20)24-17-13-22(14-18-24)19-25-8-4-6-10-27(25)26-9-5-3-7-21(26)2/h3-4,6-8,10-18H,5,9,19H2,1-2H3. The Morgan fingerprint density at radius 3 is 2.11 bits per heavy atom. The fourth-order valence-corrected chi connectivity index (χ4v) is 3.88. The van der Waals surface area contributed by atoms with Crippen molar-refractivity contribution in [3.05, 3.63) is 113 Å². The topological polar surface area (TPSA) is 0 Å². The Bertz CT molecular complexity index is 983. The minimum atomic E-state index is 0.977. The lowest BCUT2D eigenvalue weighted by Gasteiger charge is -2.17. The third-order valence-corrected chi connectivity index (χ3v) is 5.48. The summed E-state index contributed by atoms with van der Waals surface area (Å²) in [5.74, 6) is 0. The number of aryl methyl sites for hydroxylation is 1. The van der Waals surface area contributed by atoms with Crippen molar-refractivity contribution >= 4 is 5.57 Å². The maximum atomic E-state index is 2.29. The van der Waals surface area contributed by atoms with Gasteiger partial charge in [-0.1, -0.05) is 90.5 Å². The van der Waals surface area contributed by atoms with Crippen LogP contribution in [0.5, 0.6) is 0 Å². The van der Waals surface area contributed by atoms with Gasteiger partial charge in [0.15, 0.2) is 0 Å². The van der Waals surface area contributed by atoms with Gasteiger partial charge in [0, 0.05) is 0 Å². The van der Waals surface area contributed by atoms with E-state index >= 15 is 0 Å². The van der Waals surface area contributed by atoms with Gasteiger partial charge in [-0.05, 0) is 72.1 Å². The van der Waals surface area contributed by atoms with Gasteiger partial charge in [0.1, 0.15) is 0 Å². The Balaban J connectivity index is 1.60. The number of rotatable bonds is 4. The molecule has 0 aromatic heterocycles. The number of allylic oxidation sites excluding steroid dienone is 4. The molecule has 0 aliphatic heterocycles. The Hall–Kier alpha value is -2.86. The van der Waals surface area contributed by atoms with Crippen LogP contribution >= 0.6 is 0 Å². The molecule has 3 aromatic rings. The Labute approximate surface area is 162 Å². The summed E-state index contributed by atoms with van der Waals surface area (Å²) in [6, 6.07) is 26.7. The zero-order chi connectivity index (χ0) is 18.6. The van der Waals surface area contributed by atoms with E-state index in [2.05, 4.69) is 98.8 Å². The van der Waals surface area contributed by atoms with Crippen LogP contribution in [-0.4, -0.2) is 0 Å². The molecule has 3 aromatic carbocycles. The Morgan fingerprint density at radius 1 is 0.741 bits per heavy atom. The summed E-state index contributed by atoms with van der Waals surface area (Å²) in [4.78, 5) is 0.